The molecule has 1 unspecified atom stereocenters. The average Bonchev–Trinajstić information content (AvgIpc) is 2.87. The predicted molar refractivity (Wildman–Crippen MR) is 42.0 cm³/mol. The topological polar surface area (TPSA) is 68.6 Å². The number of hydrogen-bond donors (Lipinski definition) is 2. The largest absolute Gasteiger partial charge is 0.273 e. The van der Waals surface area contributed by atoms with Crippen molar-refractivity contribution in [3.63, 3.8) is 0 Å². The molecule has 1 atom stereocenters. The molecular weight excluding hydrogens is 178 g/mol. The van der Waals surface area contributed by atoms with Crippen LogP contribution >= 0.6 is 0 Å². The van der Waals surface area contributed by atoms with Crippen LogP contribution in [0.3, 0.4) is 0 Å². The Morgan fingerprint density at radius 3 is 2.58 bits per heavy atom. The fourth-order valence-electron chi connectivity index (χ4n) is 1.04. The Morgan fingerprint density at radius 1 is 1.33 bits per heavy atom. The van der Waals surface area contributed by atoms with E-state index in [-0.39, 0.29) is 6.23 Å². The first-order valence-corrected chi connectivity index (χ1v) is 4.61. The molecular formula is C7H7NO3S. The lowest BCUT2D eigenvalue weighted by Crippen LogP contribution is -1.91. The second kappa shape index (κ2) is 2.85. The Bertz CT molecular complexity index is 363. The van der Waals surface area contributed by atoms with E-state index in [9.17, 15) is 8.42 Å². The molecule has 64 valence electrons. The van der Waals surface area contributed by atoms with Gasteiger partial charge in [-0.15, -0.1) is 0 Å². The molecule has 0 aliphatic carbocycles. The van der Waals surface area contributed by atoms with E-state index in [4.69, 9.17) is 4.84 Å². The maximum absolute atomic E-state index is 10.7. The maximum Gasteiger partial charge on any atom is 0.178 e. The molecule has 0 aromatic heterocycles. The van der Waals surface area contributed by atoms with E-state index >= 15 is 0 Å². The van der Waals surface area contributed by atoms with Gasteiger partial charge in [-0.25, -0.2) is 8.42 Å². The summed E-state index contributed by atoms with van der Waals surface area (Å²) in [6.45, 7) is 0. The van der Waals surface area contributed by atoms with Crippen LogP contribution in [0.1, 0.15) is 11.8 Å². The first-order valence-electron chi connectivity index (χ1n) is 3.43. The van der Waals surface area contributed by atoms with E-state index in [1.807, 2.05) is 0 Å². The molecule has 1 N–H and O–H groups in total. The summed E-state index contributed by atoms with van der Waals surface area (Å²) in [6.07, 6.45) is -0.242. The number of nitrogens with one attached hydrogen (secondary N) is 1. The van der Waals surface area contributed by atoms with Gasteiger partial charge in [0.15, 0.2) is 16.9 Å². The molecule has 1 aromatic carbocycles. The van der Waals surface area contributed by atoms with E-state index in [0.29, 0.717) is 10.5 Å². The zero-order chi connectivity index (χ0) is 8.55. The van der Waals surface area contributed by atoms with Gasteiger partial charge in [-0.05, 0) is 6.07 Å². The standard InChI is InChI=1S/C7H7NO3S/c9-12(10)6-4-2-1-3-5(6)7-8-11-7/h1-4,7-8,12H. The molecule has 0 spiro atoms. The van der Waals surface area contributed by atoms with Crippen LogP contribution in [0, 0.1) is 0 Å². The fourth-order valence-corrected chi connectivity index (χ4v) is 1.65. The number of rotatable bonds is 2. The Labute approximate surface area is 71.1 Å². The summed E-state index contributed by atoms with van der Waals surface area (Å²) in [5, 5.41) is 0. The number of thiol groups is 1. The third-order valence-electron chi connectivity index (χ3n) is 1.65. The van der Waals surface area contributed by atoms with Crippen molar-refractivity contribution in [3.8, 4) is 0 Å². The Hall–Kier alpha value is -0.910. The van der Waals surface area contributed by atoms with Crippen LogP contribution in [0.5, 0.6) is 0 Å². The number of hydrogen-bond acceptors (Lipinski definition) is 4. The molecule has 4 nitrogen and oxygen atoms in total. The van der Waals surface area contributed by atoms with E-state index in [1.54, 1.807) is 24.3 Å². The van der Waals surface area contributed by atoms with Crippen molar-refractivity contribution in [2.24, 2.45) is 0 Å². The van der Waals surface area contributed by atoms with Gasteiger partial charge in [0.25, 0.3) is 0 Å². The van der Waals surface area contributed by atoms with Gasteiger partial charge >= 0.3 is 0 Å². The van der Waals surface area contributed by atoms with Gasteiger partial charge in [0.05, 0.1) is 4.90 Å². The van der Waals surface area contributed by atoms with Gasteiger partial charge in [-0.3, -0.25) is 4.84 Å². The summed E-state index contributed by atoms with van der Waals surface area (Å²) in [5.74, 6) is 0. The molecule has 12 heavy (non-hydrogen) atoms. The van der Waals surface area contributed by atoms with Crippen molar-refractivity contribution in [2.45, 2.75) is 11.1 Å². The van der Waals surface area contributed by atoms with Crippen molar-refractivity contribution >= 4 is 10.7 Å². The molecule has 1 aliphatic heterocycles. The summed E-state index contributed by atoms with van der Waals surface area (Å²) in [4.78, 5) is 5.09. The van der Waals surface area contributed by atoms with Crippen molar-refractivity contribution < 1.29 is 13.3 Å². The Morgan fingerprint density at radius 2 is 2.00 bits per heavy atom. The summed E-state index contributed by atoms with van der Waals surface area (Å²) < 4.78 is 21.4. The molecule has 0 radical (unpaired) electrons. The van der Waals surface area contributed by atoms with Crippen LogP contribution in [0.25, 0.3) is 0 Å². The first kappa shape index (κ1) is 7.72. The molecule has 1 saturated heterocycles. The molecule has 0 amide bonds. The summed E-state index contributed by atoms with van der Waals surface area (Å²) >= 11 is 0. The molecule has 1 fully saturated rings. The molecule has 2 rings (SSSR count). The minimum Gasteiger partial charge on any atom is -0.273 e. The third kappa shape index (κ3) is 1.34. The molecule has 0 saturated carbocycles. The van der Waals surface area contributed by atoms with E-state index in [0.717, 1.165) is 0 Å². The van der Waals surface area contributed by atoms with Crippen molar-refractivity contribution in [1.29, 1.82) is 0 Å². The van der Waals surface area contributed by atoms with Crippen LogP contribution in [0.2, 0.25) is 0 Å². The molecule has 1 aliphatic rings. The number of hydroxylamine groups is 1. The van der Waals surface area contributed by atoms with Crippen LogP contribution in [-0.2, 0) is 15.5 Å². The second-order valence-corrected chi connectivity index (χ2v) is 3.43. The predicted octanol–water partition coefficient (Wildman–Crippen LogP) is 0.190. The van der Waals surface area contributed by atoms with Gasteiger partial charge in [0, 0.05) is 5.56 Å². The maximum atomic E-state index is 10.7. The third-order valence-corrected chi connectivity index (χ3v) is 2.45. The van der Waals surface area contributed by atoms with E-state index in [1.165, 1.54) is 0 Å². The highest BCUT2D eigenvalue weighted by Gasteiger charge is 2.27. The fraction of sp³-hybridized carbons (Fsp3) is 0.143. The number of benzene rings is 1. The van der Waals surface area contributed by atoms with Crippen molar-refractivity contribution in [2.75, 3.05) is 0 Å². The lowest BCUT2D eigenvalue weighted by atomic mass is 10.2. The zero-order valence-electron chi connectivity index (χ0n) is 6.06. The molecule has 0 bridgehead atoms. The van der Waals surface area contributed by atoms with Crippen LogP contribution < -0.4 is 5.48 Å². The second-order valence-electron chi connectivity index (χ2n) is 2.43. The first-order chi connectivity index (χ1) is 5.79. The summed E-state index contributed by atoms with van der Waals surface area (Å²) in [6, 6.07) is 6.75. The van der Waals surface area contributed by atoms with Crippen LogP contribution in [0.15, 0.2) is 29.2 Å². The van der Waals surface area contributed by atoms with Crippen molar-refractivity contribution in [1.82, 2.24) is 5.48 Å². The highest BCUT2D eigenvalue weighted by molar-refractivity contribution is 7.72. The zero-order valence-corrected chi connectivity index (χ0v) is 6.95. The lowest BCUT2D eigenvalue weighted by molar-refractivity contribution is 0.373. The average molecular weight is 185 g/mol. The minimum absolute atomic E-state index is 0.242. The lowest BCUT2D eigenvalue weighted by Gasteiger charge is -1.96. The summed E-state index contributed by atoms with van der Waals surface area (Å²) in [5.41, 5.74) is 3.25. The van der Waals surface area contributed by atoms with Gasteiger partial charge in [0.1, 0.15) is 0 Å². The van der Waals surface area contributed by atoms with Gasteiger partial charge in [-0.1, -0.05) is 18.2 Å². The molecule has 5 heteroatoms. The van der Waals surface area contributed by atoms with Crippen LogP contribution in [-0.4, -0.2) is 8.42 Å². The highest BCUT2D eigenvalue weighted by Crippen LogP contribution is 2.26. The van der Waals surface area contributed by atoms with Gasteiger partial charge in [-0.2, -0.15) is 5.48 Å². The monoisotopic (exact) mass is 185 g/mol. The highest BCUT2D eigenvalue weighted by atomic mass is 32.2. The Balaban J connectivity index is 2.50. The smallest absolute Gasteiger partial charge is 0.178 e. The summed E-state index contributed by atoms with van der Waals surface area (Å²) in [7, 11) is -2.53. The normalized spacial score (nSPS) is 21.2. The minimum atomic E-state index is -2.53. The Kier molecular flexibility index (Phi) is 1.84. The van der Waals surface area contributed by atoms with Crippen molar-refractivity contribution in [3.05, 3.63) is 29.8 Å². The molecule has 1 aromatic rings. The van der Waals surface area contributed by atoms with Gasteiger partial charge < -0.3 is 0 Å². The van der Waals surface area contributed by atoms with Gasteiger partial charge in [0.2, 0.25) is 0 Å². The van der Waals surface area contributed by atoms with Crippen LogP contribution in [0.4, 0.5) is 0 Å². The van der Waals surface area contributed by atoms with E-state index in [2.05, 4.69) is 5.48 Å². The SMILES string of the molecule is O=[SH](=O)c1ccccc1C1NO1. The van der Waals surface area contributed by atoms with E-state index < -0.39 is 10.7 Å². The quantitative estimate of drug-likeness (QED) is 0.510. The molecule has 1 heterocycles.